The summed E-state index contributed by atoms with van der Waals surface area (Å²) < 4.78 is 11.1. The maximum atomic E-state index is 13.1. The molecule has 29 heavy (non-hydrogen) atoms. The highest BCUT2D eigenvalue weighted by Gasteiger charge is 2.26. The van der Waals surface area contributed by atoms with Gasteiger partial charge in [0.2, 0.25) is 5.71 Å². The van der Waals surface area contributed by atoms with Crippen molar-refractivity contribution >= 4 is 34.2 Å². The Morgan fingerprint density at radius 1 is 1.24 bits per heavy atom. The van der Waals surface area contributed by atoms with E-state index in [1.807, 2.05) is 4.90 Å². The molecule has 1 aliphatic heterocycles. The van der Waals surface area contributed by atoms with E-state index in [9.17, 15) is 14.9 Å². The third-order valence-electron chi connectivity index (χ3n) is 4.93. The van der Waals surface area contributed by atoms with E-state index < -0.39 is 10.8 Å². The summed E-state index contributed by atoms with van der Waals surface area (Å²) in [5.74, 6) is 0.570. The second kappa shape index (κ2) is 7.47. The van der Waals surface area contributed by atoms with Crippen LogP contribution in [-0.2, 0) is 4.74 Å². The first kappa shape index (κ1) is 18.8. The summed E-state index contributed by atoms with van der Waals surface area (Å²) in [6, 6.07) is 4.55. The number of nitrogens with one attached hydrogen (secondary N) is 1. The highest BCUT2D eigenvalue weighted by atomic mass is 16.6. The number of carbonyl (C=O) groups is 1. The molecule has 1 amide bonds. The Kier molecular flexibility index (Phi) is 4.85. The molecule has 1 saturated heterocycles. The normalized spacial score (nSPS) is 14.2. The number of morpholine rings is 1. The number of carbonyl (C=O) groups excluding carboxylic acids is 1. The van der Waals surface area contributed by atoms with Crippen LogP contribution in [0.2, 0.25) is 0 Å². The van der Waals surface area contributed by atoms with Crippen LogP contribution >= 0.6 is 0 Å². The lowest BCUT2D eigenvalue weighted by atomic mass is 10.1. The smallest absolute Gasteiger partial charge is 0.274 e. The van der Waals surface area contributed by atoms with Crippen LogP contribution in [0.3, 0.4) is 0 Å². The van der Waals surface area contributed by atoms with E-state index in [1.165, 1.54) is 18.5 Å². The fourth-order valence-corrected chi connectivity index (χ4v) is 3.46. The van der Waals surface area contributed by atoms with Gasteiger partial charge in [-0.15, -0.1) is 0 Å². The number of anilines is 2. The molecule has 1 N–H and O–H groups in total. The van der Waals surface area contributed by atoms with E-state index >= 15 is 0 Å². The van der Waals surface area contributed by atoms with Crippen molar-refractivity contribution in [2.75, 3.05) is 36.5 Å². The summed E-state index contributed by atoms with van der Waals surface area (Å²) in [5, 5.41) is 14.5. The van der Waals surface area contributed by atoms with Crippen LogP contribution < -0.4 is 10.2 Å². The van der Waals surface area contributed by atoms with Crippen LogP contribution in [0.1, 0.15) is 21.7 Å². The number of amides is 1. The third-order valence-corrected chi connectivity index (χ3v) is 4.93. The predicted octanol–water partition coefficient (Wildman–Crippen LogP) is 2.84. The highest BCUT2D eigenvalue weighted by Crippen LogP contribution is 2.33. The van der Waals surface area contributed by atoms with Gasteiger partial charge >= 0.3 is 0 Å². The number of nitro benzene ring substituents is 1. The number of aromatic nitrogens is 2. The van der Waals surface area contributed by atoms with E-state index in [4.69, 9.17) is 9.15 Å². The van der Waals surface area contributed by atoms with Gasteiger partial charge in [0.1, 0.15) is 17.9 Å². The van der Waals surface area contributed by atoms with E-state index in [1.54, 1.807) is 19.9 Å². The molecule has 1 fully saturated rings. The lowest BCUT2D eigenvalue weighted by molar-refractivity contribution is -0.385. The van der Waals surface area contributed by atoms with Gasteiger partial charge in [0.05, 0.1) is 40.3 Å². The van der Waals surface area contributed by atoms with Crippen LogP contribution in [0, 0.1) is 24.0 Å². The van der Waals surface area contributed by atoms with Gasteiger partial charge in [-0.2, -0.15) is 0 Å². The molecule has 1 aliphatic rings. The largest absolute Gasteiger partial charge is 0.442 e. The minimum atomic E-state index is -0.478. The number of ether oxygens (including phenoxy) is 1. The zero-order valence-electron chi connectivity index (χ0n) is 16.0. The van der Waals surface area contributed by atoms with Crippen molar-refractivity contribution < 1.29 is 18.9 Å². The lowest BCUT2D eigenvalue weighted by Crippen LogP contribution is -2.37. The molecule has 3 aromatic rings. The first-order chi connectivity index (χ1) is 14.0. The summed E-state index contributed by atoms with van der Waals surface area (Å²) in [6.07, 6.45) is 1.41. The molecule has 0 spiro atoms. The van der Waals surface area contributed by atoms with Gasteiger partial charge in [-0.25, -0.2) is 9.97 Å². The standard InChI is InChI=1S/C19H19N5O5/c1-11-13(4-3-5-14(11)24(26)27)22-18(25)15-12(2)29-19-16(15)17(20-10-21-19)23-6-8-28-9-7-23/h3-5,10H,6-9H2,1-2H3,(H,22,25). The highest BCUT2D eigenvalue weighted by molar-refractivity contribution is 6.15. The molecule has 2 aromatic heterocycles. The lowest BCUT2D eigenvalue weighted by Gasteiger charge is -2.28. The molecule has 0 aliphatic carbocycles. The van der Waals surface area contributed by atoms with E-state index in [0.717, 1.165) is 0 Å². The summed E-state index contributed by atoms with van der Waals surface area (Å²) in [7, 11) is 0. The minimum Gasteiger partial charge on any atom is -0.442 e. The van der Waals surface area contributed by atoms with Crippen LogP contribution in [-0.4, -0.2) is 47.1 Å². The molecule has 10 heteroatoms. The molecule has 1 aromatic carbocycles. The summed E-state index contributed by atoms with van der Waals surface area (Å²) >= 11 is 0. The third kappa shape index (κ3) is 3.38. The Labute approximate surface area is 165 Å². The molecule has 4 rings (SSSR count). The number of nitrogens with zero attached hydrogens (tertiary/aromatic N) is 4. The molecule has 0 bridgehead atoms. The Morgan fingerprint density at radius 3 is 2.72 bits per heavy atom. The number of aryl methyl sites for hydroxylation is 1. The number of hydrogen-bond acceptors (Lipinski definition) is 8. The fraction of sp³-hybridized carbons (Fsp3) is 0.316. The molecule has 3 heterocycles. The first-order valence-electron chi connectivity index (χ1n) is 9.09. The quantitative estimate of drug-likeness (QED) is 0.526. The van der Waals surface area contributed by atoms with Crippen molar-refractivity contribution in [3.8, 4) is 0 Å². The number of nitro groups is 1. The Hall–Kier alpha value is -3.53. The number of hydrogen-bond donors (Lipinski definition) is 1. The molecule has 10 nitrogen and oxygen atoms in total. The second-order valence-corrected chi connectivity index (χ2v) is 6.67. The number of furan rings is 1. The average molecular weight is 397 g/mol. The number of benzene rings is 1. The monoisotopic (exact) mass is 397 g/mol. The Balaban J connectivity index is 1.76. The van der Waals surface area contributed by atoms with Crippen LogP contribution in [0.25, 0.3) is 11.1 Å². The molecular formula is C19H19N5O5. The van der Waals surface area contributed by atoms with Crippen molar-refractivity contribution in [2.45, 2.75) is 13.8 Å². The van der Waals surface area contributed by atoms with Gasteiger partial charge in [-0.3, -0.25) is 14.9 Å². The average Bonchev–Trinajstić information content (AvgIpc) is 3.05. The Bertz CT molecular complexity index is 1100. The summed E-state index contributed by atoms with van der Waals surface area (Å²) in [6.45, 7) is 5.69. The van der Waals surface area contributed by atoms with Gasteiger partial charge in [-0.1, -0.05) is 6.07 Å². The van der Waals surface area contributed by atoms with Crippen LogP contribution in [0.4, 0.5) is 17.2 Å². The van der Waals surface area contributed by atoms with Crippen molar-refractivity contribution in [1.82, 2.24) is 9.97 Å². The maximum Gasteiger partial charge on any atom is 0.274 e. The van der Waals surface area contributed by atoms with Crippen molar-refractivity contribution in [3.05, 3.63) is 51.5 Å². The zero-order valence-corrected chi connectivity index (χ0v) is 16.0. The van der Waals surface area contributed by atoms with Gasteiger partial charge in [-0.05, 0) is 19.9 Å². The molecule has 0 saturated carbocycles. The topological polar surface area (TPSA) is 124 Å². The van der Waals surface area contributed by atoms with Crippen molar-refractivity contribution in [3.63, 3.8) is 0 Å². The SMILES string of the molecule is Cc1oc2ncnc(N3CCOCC3)c2c1C(=O)Nc1cccc([N+](=O)[O-])c1C. The van der Waals surface area contributed by atoms with Gasteiger partial charge in [0.25, 0.3) is 11.6 Å². The summed E-state index contributed by atoms with van der Waals surface area (Å²) in [5.41, 5.74) is 1.31. The number of fused-ring (bicyclic) bond motifs is 1. The van der Waals surface area contributed by atoms with E-state index in [2.05, 4.69) is 15.3 Å². The molecule has 0 radical (unpaired) electrons. The van der Waals surface area contributed by atoms with E-state index in [-0.39, 0.29) is 5.69 Å². The minimum absolute atomic E-state index is 0.0612. The maximum absolute atomic E-state index is 13.1. The van der Waals surface area contributed by atoms with Crippen molar-refractivity contribution in [1.29, 1.82) is 0 Å². The second-order valence-electron chi connectivity index (χ2n) is 6.67. The summed E-state index contributed by atoms with van der Waals surface area (Å²) in [4.78, 5) is 34.4. The zero-order chi connectivity index (χ0) is 20.5. The molecule has 0 unspecified atom stereocenters. The molecular weight excluding hydrogens is 378 g/mol. The predicted molar refractivity (Wildman–Crippen MR) is 105 cm³/mol. The fourth-order valence-electron chi connectivity index (χ4n) is 3.46. The van der Waals surface area contributed by atoms with Crippen LogP contribution in [0.5, 0.6) is 0 Å². The molecule has 0 atom stereocenters. The molecule has 150 valence electrons. The van der Waals surface area contributed by atoms with Crippen molar-refractivity contribution in [2.24, 2.45) is 0 Å². The van der Waals surface area contributed by atoms with E-state index in [0.29, 0.717) is 65.8 Å². The first-order valence-corrected chi connectivity index (χ1v) is 9.09. The van der Waals surface area contributed by atoms with Gasteiger partial charge < -0.3 is 19.4 Å². The van der Waals surface area contributed by atoms with Gasteiger partial charge in [0, 0.05) is 19.2 Å². The van der Waals surface area contributed by atoms with Gasteiger partial charge in [0.15, 0.2) is 0 Å². The number of rotatable bonds is 4. The van der Waals surface area contributed by atoms with Crippen LogP contribution in [0.15, 0.2) is 28.9 Å². The Morgan fingerprint density at radius 2 is 2.00 bits per heavy atom.